The number of halogens is 1. The fourth-order valence-corrected chi connectivity index (χ4v) is 2.09. The van der Waals surface area contributed by atoms with E-state index in [1.165, 1.54) is 7.05 Å². The molecule has 0 atom stereocenters. The smallest absolute Gasteiger partial charge is 0.246 e. The number of carbonyl (C=O) groups is 1. The summed E-state index contributed by atoms with van der Waals surface area (Å²) >= 11 is 6.15. The second-order valence-corrected chi connectivity index (χ2v) is 4.79. The minimum Gasteiger partial charge on any atom is -0.497 e. The first-order valence-electron chi connectivity index (χ1n) is 5.17. The van der Waals surface area contributed by atoms with Crippen LogP contribution in [0.4, 0.5) is 0 Å². The first kappa shape index (κ1) is 13.8. The van der Waals surface area contributed by atoms with Crippen LogP contribution in [0.5, 0.6) is 5.75 Å². The highest BCUT2D eigenvalue weighted by Gasteiger charge is 2.33. The predicted molar refractivity (Wildman–Crippen MR) is 68.0 cm³/mol. The SMILES string of the molecule is COc1ccc(C(C)(C)C(=O)N(C)N)c(Cl)c1. The van der Waals surface area contributed by atoms with E-state index >= 15 is 0 Å². The molecule has 0 aliphatic rings. The van der Waals surface area contributed by atoms with E-state index in [-0.39, 0.29) is 5.91 Å². The molecule has 5 heteroatoms. The van der Waals surface area contributed by atoms with E-state index < -0.39 is 5.41 Å². The maximum absolute atomic E-state index is 12.0. The number of hydrogen-bond donors (Lipinski definition) is 1. The van der Waals surface area contributed by atoms with Gasteiger partial charge in [-0.3, -0.25) is 9.80 Å². The maximum Gasteiger partial charge on any atom is 0.246 e. The number of likely N-dealkylation sites (N-methyl/N-ethyl adjacent to an activating group) is 1. The van der Waals surface area contributed by atoms with Gasteiger partial charge in [0.25, 0.3) is 0 Å². The lowest BCUT2D eigenvalue weighted by atomic mass is 9.83. The molecule has 1 aromatic rings. The maximum atomic E-state index is 12.0. The van der Waals surface area contributed by atoms with Crippen molar-refractivity contribution in [1.82, 2.24) is 5.01 Å². The number of methoxy groups -OCH3 is 1. The summed E-state index contributed by atoms with van der Waals surface area (Å²) < 4.78 is 5.07. The van der Waals surface area contributed by atoms with Gasteiger partial charge in [0.2, 0.25) is 5.91 Å². The first-order chi connectivity index (χ1) is 7.80. The van der Waals surface area contributed by atoms with Crippen LogP contribution < -0.4 is 10.6 Å². The van der Waals surface area contributed by atoms with Crippen LogP contribution in [-0.4, -0.2) is 25.1 Å². The monoisotopic (exact) mass is 256 g/mol. The lowest BCUT2D eigenvalue weighted by Crippen LogP contribution is -2.45. The molecule has 0 heterocycles. The Hall–Kier alpha value is -1.26. The zero-order valence-corrected chi connectivity index (χ0v) is 11.2. The largest absolute Gasteiger partial charge is 0.497 e. The number of amides is 1. The van der Waals surface area contributed by atoms with Crippen molar-refractivity contribution in [1.29, 1.82) is 0 Å². The zero-order chi connectivity index (χ0) is 13.2. The van der Waals surface area contributed by atoms with Crippen LogP contribution in [0.25, 0.3) is 0 Å². The number of ether oxygens (including phenoxy) is 1. The number of rotatable bonds is 3. The third-order valence-corrected chi connectivity index (χ3v) is 3.02. The number of nitrogens with two attached hydrogens (primary N) is 1. The van der Waals surface area contributed by atoms with Crippen molar-refractivity contribution in [3.63, 3.8) is 0 Å². The van der Waals surface area contributed by atoms with Gasteiger partial charge in [0.15, 0.2) is 0 Å². The van der Waals surface area contributed by atoms with Crippen LogP contribution >= 0.6 is 11.6 Å². The number of carbonyl (C=O) groups excluding carboxylic acids is 1. The molecule has 17 heavy (non-hydrogen) atoms. The number of nitrogens with zero attached hydrogens (tertiary/aromatic N) is 1. The molecule has 0 bridgehead atoms. The Kier molecular flexibility index (Phi) is 4.01. The Morgan fingerprint density at radius 1 is 1.47 bits per heavy atom. The van der Waals surface area contributed by atoms with Crippen molar-refractivity contribution in [2.45, 2.75) is 19.3 Å². The highest BCUT2D eigenvalue weighted by atomic mass is 35.5. The van der Waals surface area contributed by atoms with Gasteiger partial charge in [-0.05, 0) is 31.5 Å². The van der Waals surface area contributed by atoms with Gasteiger partial charge in [0, 0.05) is 12.1 Å². The van der Waals surface area contributed by atoms with Crippen molar-refractivity contribution in [3.05, 3.63) is 28.8 Å². The molecular formula is C12H17ClN2O2. The molecule has 0 spiro atoms. The highest BCUT2D eigenvalue weighted by Crippen LogP contribution is 2.33. The molecule has 2 N–H and O–H groups in total. The summed E-state index contributed by atoms with van der Waals surface area (Å²) in [7, 11) is 3.08. The third-order valence-electron chi connectivity index (χ3n) is 2.70. The summed E-state index contributed by atoms with van der Waals surface area (Å²) in [6, 6.07) is 5.23. The van der Waals surface area contributed by atoms with Gasteiger partial charge < -0.3 is 4.74 Å². The van der Waals surface area contributed by atoms with Crippen molar-refractivity contribution >= 4 is 17.5 Å². The van der Waals surface area contributed by atoms with Crippen LogP contribution in [-0.2, 0) is 10.2 Å². The van der Waals surface area contributed by atoms with Gasteiger partial charge in [0.1, 0.15) is 5.75 Å². The van der Waals surface area contributed by atoms with E-state index in [4.69, 9.17) is 22.2 Å². The standard InChI is InChI=1S/C12H17ClN2O2/c1-12(2,11(16)15(3)14)9-6-5-8(17-4)7-10(9)13/h5-7H,14H2,1-4H3. The van der Waals surface area contributed by atoms with Crippen LogP contribution in [0.1, 0.15) is 19.4 Å². The first-order valence-corrected chi connectivity index (χ1v) is 5.55. The van der Waals surface area contributed by atoms with Gasteiger partial charge >= 0.3 is 0 Å². The predicted octanol–water partition coefficient (Wildman–Crippen LogP) is 1.96. The molecule has 1 rings (SSSR count). The molecule has 1 aromatic carbocycles. The van der Waals surface area contributed by atoms with Gasteiger partial charge in [-0.2, -0.15) is 0 Å². The molecule has 0 radical (unpaired) electrons. The second kappa shape index (κ2) is 4.94. The van der Waals surface area contributed by atoms with Crippen LogP contribution in [0, 0.1) is 0 Å². The summed E-state index contributed by atoms with van der Waals surface area (Å²) in [5, 5.41) is 1.56. The van der Waals surface area contributed by atoms with Crippen LogP contribution in [0.2, 0.25) is 5.02 Å². The Labute approximate surface area is 106 Å². The molecule has 0 aliphatic heterocycles. The number of hydrazine groups is 1. The van der Waals surface area contributed by atoms with E-state index in [2.05, 4.69) is 0 Å². The average molecular weight is 257 g/mol. The lowest BCUT2D eigenvalue weighted by molar-refractivity contribution is -0.135. The summed E-state index contributed by atoms with van der Waals surface area (Å²) in [5.41, 5.74) is -0.0467. The highest BCUT2D eigenvalue weighted by molar-refractivity contribution is 6.32. The van der Waals surface area contributed by atoms with Gasteiger partial charge in [-0.1, -0.05) is 17.7 Å². The molecular weight excluding hydrogens is 240 g/mol. The van der Waals surface area contributed by atoms with E-state index in [1.54, 1.807) is 39.2 Å². The molecule has 94 valence electrons. The van der Waals surface area contributed by atoms with Crippen LogP contribution in [0.3, 0.4) is 0 Å². The Bertz CT molecular complexity index is 431. The van der Waals surface area contributed by atoms with Crippen LogP contribution in [0.15, 0.2) is 18.2 Å². The number of hydrogen-bond acceptors (Lipinski definition) is 3. The quantitative estimate of drug-likeness (QED) is 0.511. The van der Waals surface area contributed by atoms with Crippen molar-refractivity contribution < 1.29 is 9.53 Å². The normalized spacial score (nSPS) is 11.2. The van der Waals surface area contributed by atoms with E-state index in [0.29, 0.717) is 10.8 Å². The average Bonchev–Trinajstić information content (AvgIpc) is 2.27. The van der Waals surface area contributed by atoms with Crippen molar-refractivity contribution in [2.75, 3.05) is 14.2 Å². The van der Waals surface area contributed by atoms with Gasteiger partial charge in [-0.15, -0.1) is 0 Å². The molecule has 4 nitrogen and oxygen atoms in total. The Balaban J connectivity index is 3.19. The molecule has 0 unspecified atom stereocenters. The lowest BCUT2D eigenvalue weighted by Gasteiger charge is -2.28. The van der Waals surface area contributed by atoms with E-state index in [9.17, 15) is 4.79 Å². The summed E-state index contributed by atoms with van der Waals surface area (Å²) in [6.45, 7) is 3.57. The summed E-state index contributed by atoms with van der Waals surface area (Å²) in [5.74, 6) is 5.93. The molecule has 0 fully saturated rings. The van der Waals surface area contributed by atoms with E-state index in [1.807, 2.05) is 0 Å². The van der Waals surface area contributed by atoms with Crippen molar-refractivity contribution in [3.8, 4) is 5.75 Å². The third kappa shape index (κ3) is 2.70. The fourth-order valence-electron chi connectivity index (χ4n) is 1.69. The van der Waals surface area contributed by atoms with E-state index in [0.717, 1.165) is 10.6 Å². The topological polar surface area (TPSA) is 55.6 Å². The minimum absolute atomic E-state index is 0.204. The minimum atomic E-state index is -0.771. The van der Waals surface area contributed by atoms with Crippen molar-refractivity contribution in [2.24, 2.45) is 5.84 Å². The second-order valence-electron chi connectivity index (χ2n) is 4.39. The Morgan fingerprint density at radius 3 is 2.47 bits per heavy atom. The molecule has 0 saturated heterocycles. The Morgan fingerprint density at radius 2 is 2.06 bits per heavy atom. The molecule has 1 amide bonds. The number of benzene rings is 1. The summed E-state index contributed by atoms with van der Waals surface area (Å²) in [4.78, 5) is 12.0. The molecule has 0 aromatic heterocycles. The molecule has 0 saturated carbocycles. The zero-order valence-electron chi connectivity index (χ0n) is 10.5. The van der Waals surface area contributed by atoms with Gasteiger partial charge in [0.05, 0.1) is 12.5 Å². The fraction of sp³-hybridized carbons (Fsp3) is 0.417. The summed E-state index contributed by atoms with van der Waals surface area (Å²) in [6.07, 6.45) is 0. The molecule has 0 aliphatic carbocycles. The van der Waals surface area contributed by atoms with Gasteiger partial charge in [-0.25, -0.2) is 5.84 Å².